The number of hydrogen-bond acceptors (Lipinski definition) is 1. The van der Waals surface area contributed by atoms with E-state index < -0.39 is 0 Å². The summed E-state index contributed by atoms with van der Waals surface area (Å²) in [5, 5.41) is 0. The summed E-state index contributed by atoms with van der Waals surface area (Å²) in [6, 6.07) is 54.0. The number of nitrogens with zero attached hydrogens (tertiary/aromatic N) is 1. The van der Waals surface area contributed by atoms with Crippen molar-refractivity contribution in [3.05, 3.63) is 162 Å². The fraction of sp³-hybridized carbons (Fsp3) is 0.345. The Bertz CT molecular complexity index is 2340. The highest BCUT2D eigenvalue weighted by Crippen LogP contribution is 2.61. The molecule has 6 aromatic carbocycles. The molecule has 0 amide bonds. The van der Waals surface area contributed by atoms with Crippen LogP contribution in [0.4, 0.5) is 17.1 Å². The lowest BCUT2D eigenvalue weighted by atomic mass is 9.48. The molecule has 0 unspecified atom stereocenters. The third-order valence-electron chi connectivity index (χ3n) is 15.2. The quantitative estimate of drug-likeness (QED) is 0.158. The van der Waals surface area contributed by atoms with Gasteiger partial charge in [-0.1, -0.05) is 136 Å². The van der Waals surface area contributed by atoms with Crippen molar-refractivity contribution in [3.8, 4) is 33.4 Å². The van der Waals surface area contributed by atoms with E-state index in [1.807, 2.05) is 0 Å². The average Bonchev–Trinajstić information content (AvgIpc) is 3.46. The van der Waals surface area contributed by atoms with Gasteiger partial charge in [0, 0.05) is 22.4 Å². The summed E-state index contributed by atoms with van der Waals surface area (Å²) < 4.78 is 0. The SMILES string of the molecule is CC1(C)c2ccccc2-c2cc(-c3ccc(-c4ccccc4)cc3)c(N(c3ccc(C4CCCCC4)cc3)c3ccc(C45CC6CC(CC(C6)C4)C5)cc3)cc21. The van der Waals surface area contributed by atoms with Crippen molar-refractivity contribution in [1.29, 1.82) is 0 Å². The zero-order valence-corrected chi connectivity index (χ0v) is 33.3. The first-order valence-electron chi connectivity index (χ1n) is 21.9. The van der Waals surface area contributed by atoms with E-state index in [1.54, 1.807) is 5.56 Å². The Morgan fingerprint density at radius 1 is 0.482 bits per heavy atom. The minimum atomic E-state index is -0.102. The monoisotopic (exact) mass is 729 g/mol. The topological polar surface area (TPSA) is 3.24 Å². The lowest BCUT2D eigenvalue weighted by Crippen LogP contribution is -2.48. The van der Waals surface area contributed by atoms with Crippen molar-refractivity contribution in [2.75, 3.05) is 4.90 Å². The predicted octanol–water partition coefficient (Wildman–Crippen LogP) is 15.3. The fourth-order valence-electron chi connectivity index (χ4n) is 12.8. The van der Waals surface area contributed by atoms with Gasteiger partial charge in [0.25, 0.3) is 0 Å². The summed E-state index contributed by atoms with van der Waals surface area (Å²) in [6.07, 6.45) is 15.4. The van der Waals surface area contributed by atoms with Crippen LogP contribution in [0.1, 0.15) is 113 Å². The van der Waals surface area contributed by atoms with Crippen molar-refractivity contribution in [3.63, 3.8) is 0 Å². The van der Waals surface area contributed by atoms with Crippen molar-refractivity contribution in [2.24, 2.45) is 17.8 Å². The lowest BCUT2D eigenvalue weighted by molar-refractivity contribution is -0.00518. The largest absolute Gasteiger partial charge is 0.310 e. The van der Waals surface area contributed by atoms with E-state index in [-0.39, 0.29) is 5.41 Å². The van der Waals surface area contributed by atoms with Crippen molar-refractivity contribution >= 4 is 17.1 Å². The first kappa shape index (κ1) is 34.4. The van der Waals surface area contributed by atoms with Crippen LogP contribution in [0.5, 0.6) is 0 Å². The Morgan fingerprint density at radius 3 is 1.71 bits per heavy atom. The number of benzene rings is 6. The Labute approximate surface area is 334 Å². The molecular weight excluding hydrogens is 675 g/mol. The van der Waals surface area contributed by atoms with E-state index in [2.05, 4.69) is 158 Å². The molecule has 0 spiro atoms. The van der Waals surface area contributed by atoms with Crippen LogP contribution in [0.2, 0.25) is 0 Å². The zero-order valence-electron chi connectivity index (χ0n) is 33.3. The van der Waals surface area contributed by atoms with E-state index in [4.69, 9.17) is 0 Å². The molecule has 1 nitrogen and oxygen atoms in total. The summed E-state index contributed by atoms with van der Waals surface area (Å²) >= 11 is 0. The molecule has 6 aromatic rings. The fourth-order valence-corrected chi connectivity index (χ4v) is 12.8. The Balaban J connectivity index is 1.08. The molecule has 0 N–H and O–H groups in total. The third kappa shape index (κ3) is 5.71. The molecule has 56 heavy (non-hydrogen) atoms. The molecule has 0 saturated heterocycles. The summed E-state index contributed by atoms with van der Waals surface area (Å²) in [7, 11) is 0. The van der Waals surface area contributed by atoms with E-state index in [0.717, 1.165) is 17.8 Å². The molecule has 5 saturated carbocycles. The van der Waals surface area contributed by atoms with Gasteiger partial charge in [0.1, 0.15) is 0 Å². The van der Waals surface area contributed by atoms with Gasteiger partial charge in [-0.3, -0.25) is 0 Å². The molecule has 0 aliphatic heterocycles. The Kier molecular flexibility index (Phi) is 8.20. The highest BCUT2D eigenvalue weighted by molar-refractivity contribution is 5.95. The lowest BCUT2D eigenvalue weighted by Gasteiger charge is -2.57. The number of rotatable bonds is 7. The molecule has 6 aliphatic carbocycles. The molecule has 280 valence electrons. The molecule has 12 rings (SSSR count). The molecule has 6 aliphatic rings. The number of fused-ring (bicyclic) bond motifs is 3. The second kappa shape index (κ2) is 13.4. The predicted molar refractivity (Wildman–Crippen MR) is 235 cm³/mol. The maximum Gasteiger partial charge on any atom is 0.0543 e. The van der Waals surface area contributed by atoms with Crippen LogP contribution in [-0.4, -0.2) is 0 Å². The highest BCUT2D eigenvalue weighted by atomic mass is 15.1. The first-order chi connectivity index (χ1) is 27.4. The van der Waals surface area contributed by atoms with Gasteiger partial charge in [0.2, 0.25) is 0 Å². The van der Waals surface area contributed by atoms with Gasteiger partial charge < -0.3 is 4.90 Å². The maximum absolute atomic E-state index is 2.59. The van der Waals surface area contributed by atoms with Crippen LogP contribution < -0.4 is 4.90 Å². The number of anilines is 3. The van der Waals surface area contributed by atoms with E-state index in [1.165, 1.54) is 138 Å². The van der Waals surface area contributed by atoms with Gasteiger partial charge >= 0.3 is 0 Å². The standard InChI is InChI=1S/C55H55N/c1-54(2)51-16-10-9-15-48(51)50-32-49(44-19-17-42(18-20-44)40-11-5-3-6-12-40)53(33-52(50)54)56(46-25-21-43(22-26-46)41-13-7-4-8-14-41)47-27-23-45(24-28-47)55-34-37-29-38(35-55)31-39(30-37)36-55/h3,5-6,9-12,15-28,32-33,37-39,41H,4,7-8,13-14,29-31,34-36H2,1-2H3. The van der Waals surface area contributed by atoms with Crippen LogP contribution in [0.15, 0.2) is 140 Å². The van der Waals surface area contributed by atoms with Crippen LogP contribution in [-0.2, 0) is 10.8 Å². The molecule has 0 atom stereocenters. The van der Waals surface area contributed by atoms with Crippen molar-refractivity contribution in [2.45, 2.75) is 101 Å². The van der Waals surface area contributed by atoms with E-state index >= 15 is 0 Å². The van der Waals surface area contributed by atoms with Gasteiger partial charge in [-0.15, -0.1) is 0 Å². The van der Waals surface area contributed by atoms with Crippen LogP contribution in [0.3, 0.4) is 0 Å². The van der Waals surface area contributed by atoms with Gasteiger partial charge in [0.05, 0.1) is 5.69 Å². The van der Waals surface area contributed by atoms with Gasteiger partial charge in [-0.2, -0.15) is 0 Å². The van der Waals surface area contributed by atoms with Crippen molar-refractivity contribution < 1.29 is 0 Å². The van der Waals surface area contributed by atoms with Gasteiger partial charge in [-0.25, -0.2) is 0 Å². The van der Waals surface area contributed by atoms with Crippen molar-refractivity contribution in [1.82, 2.24) is 0 Å². The molecule has 0 radical (unpaired) electrons. The summed E-state index contributed by atoms with van der Waals surface area (Å²) in [4.78, 5) is 2.59. The molecule has 4 bridgehead atoms. The second-order valence-corrected chi connectivity index (χ2v) is 19.0. The third-order valence-corrected chi connectivity index (χ3v) is 15.2. The molecule has 0 heterocycles. The molecule has 5 fully saturated rings. The van der Waals surface area contributed by atoms with Gasteiger partial charge in [0.15, 0.2) is 0 Å². The van der Waals surface area contributed by atoms with Crippen LogP contribution >= 0.6 is 0 Å². The summed E-state index contributed by atoms with van der Waals surface area (Å²) in [5.41, 5.74) is 17.7. The maximum atomic E-state index is 2.59. The second-order valence-electron chi connectivity index (χ2n) is 19.0. The summed E-state index contributed by atoms with van der Waals surface area (Å²) in [5.74, 6) is 3.50. The molecule has 1 heteroatoms. The molecule has 0 aromatic heterocycles. The van der Waals surface area contributed by atoms with Crippen LogP contribution in [0, 0.1) is 17.8 Å². The molecular formula is C55H55N. The van der Waals surface area contributed by atoms with E-state index in [9.17, 15) is 0 Å². The highest BCUT2D eigenvalue weighted by Gasteiger charge is 2.51. The van der Waals surface area contributed by atoms with E-state index in [0.29, 0.717) is 11.3 Å². The normalized spacial score (nSPS) is 24.5. The number of hydrogen-bond donors (Lipinski definition) is 0. The van der Waals surface area contributed by atoms with Gasteiger partial charge in [-0.05, 0) is 167 Å². The Hall–Kier alpha value is -4.88. The minimum absolute atomic E-state index is 0.102. The summed E-state index contributed by atoms with van der Waals surface area (Å²) in [6.45, 7) is 4.83. The average molecular weight is 730 g/mol. The zero-order chi connectivity index (χ0) is 37.4. The van der Waals surface area contributed by atoms with Crippen LogP contribution in [0.25, 0.3) is 33.4 Å². The minimum Gasteiger partial charge on any atom is -0.310 e. The Morgan fingerprint density at radius 2 is 1.05 bits per heavy atom. The first-order valence-corrected chi connectivity index (χ1v) is 21.9. The smallest absolute Gasteiger partial charge is 0.0543 e.